The van der Waals surface area contributed by atoms with E-state index in [9.17, 15) is 0 Å². The summed E-state index contributed by atoms with van der Waals surface area (Å²) >= 11 is 2.08. The van der Waals surface area contributed by atoms with Crippen LogP contribution in [0, 0.1) is 0 Å². The van der Waals surface area contributed by atoms with E-state index in [1.165, 1.54) is 43.1 Å². The van der Waals surface area contributed by atoms with Gasteiger partial charge in [0, 0.05) is 24.4 Å². The fourth-order valence-corrected chi connectivity index (χ4v) is 4.80. The summed E-state index contributed by atoms with van der Waals surface area (Å²) in [7, 11) is 2.21. The number of aromatic nitrogens is 3. The second kappa shape index (κ2) is 5.61. The first-order chi connectivity index (χ1) is 10.3. The van der Waals surface area contributed by atoms with E-state index in [1.807, 2.05) is 12.3 Å². The molecule has 2 atom stereocenters. The Morgan fingerprint density at radius 2 is 2.29 bits per heavy atom. The van der Waals surface area contributed by atoms with Gasteiger partial charge >= 0.3 is 0 Å². The normalized spacial score (nSPS) is 27.5. The number of rotatable bonds is 2. The van der Waals surface area contributed by atoms with Gasteiger partial charge in [0.1, 0.15) is 11.3 Å². The van der Waals surface area contributed by atoms with Crippen LogP contribution in [0.1, 0.15) is 37.0 Å². The van der Waals surface area contributed by atoms with Crippen molar-refractivity contribution < 1.29 is 0 Å². The molecule has 0 aromatic carbocycles. The Morgan fingerprint density at radius 3 is 3.05 bits per heavy atom. The summed E-state index contributed by atoms with van der Waals surface area (Å²) in [5.74, 6) is 4.41. The van der Waals surface area contributed by atoms with Crippen molar-refractivity contribution in [2.24, 2.45) is 0 Å². The third-order valence-corrected chi connectivity index (χ3v) is 5.95. The molecular formula is C16H22N4S. The largest absolute Gasteiger partial charge is 0.308 e. The molecule has 2 aliphatic heterocycles. The molecule has 0 saturated carbocycles. The molecule has 0 aliphatic carbocycles. The first-order valence-electron chi connectivity index (χ1n) is 7.92. The van der Waals surface area contributed by atoms with E-state index in [4.69, 9.17) is 4.98 Å². The van der Waals surface area contributed by atoms with E-state index >= 15 is 0 Å². The zero-order valence-electron chi connectivity index (χ0n) is 12.5. The molecule has 0 spiro atoms. The molecule has 5 heteroatoms. The molecule has 4 rings (SSSR count). The quantitative estimate of drug-likeness (QED) is 0.854. The summed E-state index contributed by atoms with van der Waals surface area (Å²) in [4.78, 5) is 12.0. The van der Waals surface area contributed by atoms with Gasteiger partial charge in [-0.2, -0.15) is 11.8 Å². The monoisotopic (exact) mass is 302 g/mol. The molecule has 2 fully saturated rings. The molecule has 2 saturated heterocycles. The van der Waals surface area contributed by atoms with Crippen LogP contribution in [0.4, 0.5) is 0 Å². The smallest absolute Gasteiger partial charge is 0.160 e. The summed E-state index contributed by atoms with van der Waals surface area (Å²) in [5.41, 5.74) is 2.15. The standard InChI is InChI=1S/C16H22N4S/c1-19-8-6-13(10-19)20-15(12-4-3-9-21-11-12)18-14-5-2-7-17-16(14)20/h2,5,7,12-13H,3-4,6,8-11H2,1H3. The lowest BCUT2D eigenvalue weighted by Gasteiger charge is -2.24. The van der Waals surface area contributed by atoms with Gasteiger partial charge in [-0.25, -0.2) is 9.97 Å². The van der Waals surface area contributed by atoms with Crippen LogP contribution in [0.3, 0.4) is 0 Å². The highest BCUT2D eigenvalue weighted by molar-refractivity contribution is 7.99. The maximum Gasteiger partial charge on any atom is 0.160 e. The van der Waals surface area contributed by atoms with Gasteiger partial charge in [0.05, 0.1) is 6.04 Å². The summed E-state index contributed by atoms with van der Waals surface area (Å²) in [6.07, 6.45) is 5.71. The minimum Gasteiger partial charge on any atom is -0.308 e. The highest BCUT2D eigenvalue weighted by Gasteiger charge is 2.29. The highest BCUT2D eigenvalue weighted by Crippen LogP contribution is 2.35. The number of hydrogen-bond donors (Lipinski definition) is 0. The topological polar surface area (TPSA) is 34.0 Å². The minimum atomic E-state index is 0.539. The van der Waals surface area contributed by atoms with Crippen LogP contribution in [-0.2, 0) is 0 Å². The van der Waals surface area contributed by atoms with Crippen LogP contribution >= 0.6 is 11.8 Å². The van der Waals surface area contributed by atoms with Gasteiger partial charge in [-0.3, -0.25) is 0 Å². The van der Waals surface area contributed by atoms with Gasteiger partial charge in [0.2, 0.25) is 0 Å². The molecule has 0 radical (unpaired) electrons. The lowest BCUT2D eigenvalue weighted by Crippen LogP contribution is -2.21. The van der Waals surface area contributed by atoms with Crippen LogP contribution in [0.25, 0.3) is 11.2 Å². The first kappa shape index (κ1) is 13.6. The molecule has 2 aromatic heterocycles. The Hall–Kier alpha value is -1.07. The predicted octanol–water partition coefficient (Wildman–Crippen LogP) is 2.92. The van der Waals surface area contributed by atoms with Crippen LogP contribution < -0.4 is 0 Å². The Bertz CT molecular complexity index is 632. The zero-order chi connectivity index (χ0) is 14.2. The molecule has 2 aromatic rings. The maximum absolute atomic E-state index is 4.97. The summed E-state index contributed by atoms with van der Waals surface area (Å²) in [5, 5.41) is 0. The lowest BCUT2D eigenvalue weighted by molar-refractivity contribution is 0.389. The Kier molecular flexibility index (Phi) is 3.63. The van der Waals surface area contributed by atoms with Crippen molar-refractivity contribution in [1.29, 1.82) is 0 Å². The van der Waals surface area contributed by atoms with Crippen molar-refractivity contribution in [1.82, 2.24) is 19.4 Å². The second-order valence-corrected chi connectivity index (χ2v) is 7.45. The van der Waals surface area contributed by atoms with Crippen LogP contribution in [-0.4, -0.2) is 51.1 Å². The summed E-state index contributed by atoms with van der Waals surface area (Å²) < 4.78 is 2.47. The van der Waals surface area contributed by atoms with Gasteiger partial charge in [-0.15, -0.1) is 0 Å². The first-order valence-corrected chi connectivity index (χ1v) is 9.07. The molecular weight excluding hydrogens is 280 g/mol. The van der Waals surface area contributed by atoms with Crippen molar-refractivity contribution in [3.05, 3.63) is 24.2 Å². The number of hydrogen-bond acceptors (Lipinski definition) is 4. The number of likely N-dealkylation sites (tertiary alicyclic amines) is 1. The van der Waals surface area contributed by atoms with Crippen molar-refractivity contribution in [2.75, 3.05) is 31.6 Å². The lowest BCUT2D eigenvalue weighted by atomic mass is 10.0. The van der Waals surface area contributed by atoms with E-state index in [0.29, 0.717) is 12.0 Å². The summed E-state index contributed by atoms with van der Waals surface area (Å²) in [6.45, 7) is 2.30. The highest BCUT2D eigenvalue weighted by atomic mass is 32.2. The molecule has 4 nitrogen and oxygen atoms in total. The van der Waals surface area contributed by atoms with Crippen LogP contribution in [0.15, 0.2) is 18.3 Å². The van der Waals surface area contributed by atoms with Gasteiger partial charge in [0.15, 0.2) is 5.65 Å². The number of thioether (sulfide) groups is 1. The number of likely N-dealkylation sites (N-methyl/N-ethyl adjacent to an activating group) is 1. The molecule has 21 heavy (non-hydrogen) atoms. The van der Waals surface area contributed by atoms with Gasteiger partial charge in [-0.05, 0) is 50.7 Å². The third kappa shape index (κ3) is 2.46. The Balaban J connectivity index is 1.80. The molecule has 2 aliphatic rings. The van der Waals surface area contributed by atoms with Gasteiger partial charge in [-0.1, -0.05) is 0 Å². The van der Waals surface area contributed by atoms with Crippen molar-refractivity contribution >= 4 is 22.9 Å². The fraction of sp³-hybridized carbons (Fsp3) is 0.625. The molecule has 0 bridgehead atoms. The fourth-order valence-electron chi connectivity index (χ4n) is 3.66. The molecule has 4 heterocycles. The molecule has 2 unspecified atom stereocenters. The van der Waals surface area contributed by atoms with Crippen LogP contribution in [0.5, 0.6) is 0 Å². The predicted molar refractivity (Wildman–Crippen MR) is 88.0 cm³/mol. The van der Waals surface area contributed by atoms with Crippen molar-refractivity contribution in [3.63, 3.8) is 0 Å². The molecule has 112 valence electrons. The average Bonchev–Trinajstić information content (AvgIpc) is 3.11. The molecule has 0 amide bonds. The Morgan fingerprint density at radius 1 is 1.33 bits per heavy atom. The van der Waals surface area contributed by atoms with Gasteiger partial charge in [0.25, 0.3) is 0 Å². The second-order valence-electron chi connectivity index (χ2n) is 6.30. The van der Waals surface area contributed by atoms with Gasteiger partial charge < -0.3 is 9.47 Å². The van der Waals surface area contributed by atoms with E-state index in [0.717, 1.165) is 17.7 Å². The number of pyridine rings is 1. The number of fused-ring (bicyclic) bond motifs is 1. The third-order valence-electron chi connectivity index (χ3n) is 4.73. The Labute approximate surface area is 129 Å². The van der Waals surface area contributed by atoms with E-state index in [-0.39, 0.29) is 0 Å². The van der Waals surface area contributed by atoms with Crippen molar-refractivity contribution in [2.45, 2.75) is 31.2 Å². The number of imidazole rings is 1. The van der Waals surface area contributed by atoms with E-state index in [2.05, 4.69) is 39.3 Å². The van der Waals surface area contributed by atoms with Crippen molar-refractivity contribution in [3.8, 4) is 0 Å². The summed E-state index contributed by atoms with van der Waals surface area (Å²) in [6, 6.07) is 4.65. The zero-order valence-corrected chi connectivity index (χ0v) is 13.4. The SMILES string of the molecule is CN1CCC(n2c(C3CCCSC3)nc3cccnc32)C1. The number of nitrogens with zero attached hydrogens (tertiary/aromatic N) is 4. The minimum absolute atomic E-state index is 0.539. The maximum atomic E-state index is 4.97. The van der Waals surface area contributed by atoms with E-state index in [1.54, 1.807) is 0 Å². The molecule has 0 N–H and O–H groups in total. The average molecular weight is 302 g/mol. The van der Waals surface area contributed by atoms with E-state index < -0.39 is 0 Å². The van der Waals surface area contributed by atoms with Crippen LogP contribution in [0.2, 0.25) is 0 Å².